The Morgan fingerprint density at radius 1 is 1.38 bits per heavy atom. The molecule has 0 aliphatic heterocycles. The number of rotatable bonds is 5. The molecule has 0 aromatic heterocycles. The van der Waals surface area contributed by atoms with Crippen LogP contribution in [0.5, 0.6) is 5.75 Å². The van der Waals surface area contributed by atoms with Crippen LogP contribution in [0.2, 0.25) is 0 Å². The molecule has 0 fully saturated rings. The van der Waals surface area contributed by atoms with Crippen LogP contribution in [0, 0.1) is 5.92 Å². The highest BCUT2D eigenvalue weighted by molar-refractivity contribution is 5.92. The second kappa shape index (κ2) is 6.12. The fourth-order valence-electron chi connectivity index (χ4n) is 1.34. The number of ether oxygens (including phenoxy) is 1. The van der Waals surface area contributed by atoms with Gasteiger partial charge in [-0.15, -0.1) is 0 Å². The molecule has 0 saturated carbocycles. The number of carbonyl (C=O) groups excluding carboxylic acids is 1. The molecule has 1 aromatic rings. The first-order valence-electron chi connectivity index (χ1n) is 5.27. The van der Waals surface area contributed by atoms with E-state index >= 15 is 0 Å². The Bertz CT molecular complexity index is 335. The second-order valence-electron chi connectivity index (χ2n) is 3.68. The molecule has 0 saturated heterocycles. The number of carbonyl (C=O) groups is 1. The highest BCUT2D eigenvalue weighted by atomic mass is 16.5. The van der Waals surface area contributed by atoms with Gasteiger partial charge in [0, 0.05) is 18.2 Å². The highest BCUT2D eigenvalue weighted by Gasteiger charge is 2.11. The maximum Gasteiger partial charge on any atom is 0.228 e. The van der Waals surface area contributed by atoms with Gasteiger partial charge in [-0.2, -0.15) is 0 Å². The summed E-state index contributed by atoms with van der Waals surface area (Å²) >= 11 is 0. The van der Waals surface area contributed by atoms with Crippen molar-refractivity contribution in [2.24, 2.45) is 5.92 Å². The van der Waals surface area contributed by atoms with E-state index in [1.165, 1.54) is 0 Å². The van der Waals surface area contributed by atoms with Crippen LogP contribution in [0.3, 0.4) is 0 Å². The fourth-order valence-corrected chi connectivity index (χ4v) is 1.34. The van der Waals surface area contributed by atoms with Gasteiger partial charge >= 0.3 is 0 Å². The Labute approximate surface area is 96.0 Å². The molecule has 1 rings (SSSR count). The zero-order valence-corrected chi connectivity index (χ0v) is 9.91. The lowest BCUT2D eigenvalue weighted by atomic mass is 10.1. The van der Waals surface area contributed by atoms with E-state index in [1.54, 1.807) is 7.11 Å². The third-order valence-electron chi connectivity index (χ3n) is 2.32. The maximum atomic E-state index is 11.7. The predicted octanol–water partition coefficient (Wildman–Crippen LogP) is 1.49. The van der Waals surface area contributed by atoms with Crippen molar-refractivity contribution < 1.29 is 9.53 Å². The molecule has 0 heterocycles. The lowest BCUT2D eigenvalue weighted by Gasteiger charge is -2.11. The van der Waals surface area contributed by atoms with Crippen LogP contribution in [0.1, 0.15) is 6.92 Å². The number of hydrogen-bond acceptors (Lipinski definition) is 3. The maximum absolute atomic E-state index is 11.7. The molecule has 16 heavy (non-hydrogen) atoms. The summed E-state index contributed by atoms with van der Waals surface area (Å²) in [6, 6.07) is 7.28. The van der Waals surface area contributed by atoms with Gasteiger partial charge in [0.25, 0.3) is 0 Å². The first-order valence-corrected chi connectivity index (χ1v) is 5.27. The monoisotopic (exact) mass is 222 g/mol. The lowest BCUT2D eigenvalue weighted by molar-refractivity contribution is -0.119. The molecule has 2 N–H and O–H groups in total. The highest BCUT2D eigenvalue weighted by Crippen LogP contribution is 2.15. The summed E-state index contributed by atoms with van der Waals surface area (Å²) in [5, 5.41) is 5.81. The molecular formula is C12H18N2O2. The van der Waals surface area contributed by atoms with E-state index in [2.05, 4.69) is 10.6 Å². The Kier molecular flexibility index (Phi) is 4.79. The SMILES string of the molecule is CNCC(C)C(=O)Nc1ccc(OC)cc1. The smallest absolute Gasteiger partial charge is 0.228 e. The number of benzene rings is 1. The zero-order valence-electron chi connectivity index (χ0n) is 9.91. The Hall–Kier alpha value is -1.55. The van der Waals surface area contributed by atoms with Crippen LogP contribution in [0.15, 0.2) is 24.3 Å². The van der Waals surface area contributed by atoms with Crippen molar-refractivity contribution in [2.75, 3.05) is 26.0 Å². The molecular weight excluding hydrogens is 204 g/mol. The summed E-state index contributed by atoms with van der Waals surface area (Å²) in [7, 11) is 3.44. The topological polar surface area (TPSA) is 50.4 Å². The Morgan fingerprint density at radius 3 is 2.50 bits per heavy atom. The summed E-state index contributed by atoms with van der Waals surface area (Å²) in [6.07, 6.45) is 0. The van der Waals surface area contributed by atoms with E-state index in [-0.39, 0.29) is 11.8 Å². The molecule has 0 bridgehead atoms. The third kappa shape index (κ3) is 3.55. The summed E-state index contributed by atoms with van der Waals surface area (Å²) in [4.78, 5) is 11.7. The number of amides is 1. The van der Waals surface area contributed by atoms with Gasteiger partial charge in [0.15, 0.2) is 0 Å². The number of methoxy groups -OCH3 is 1. The van der Waals surface area contributed by atoms with Gasteiger partial charge in [-0.05, 0) is 31.3 Å². The quantitative estimate of drug-likeness (QED) is 0.793. The average Bonchev–Trinajstić information content (AvgIpc) is 2.30. The van der Waals surface area contributed by atoms with Gasteiger partial charge in [-0.1, -0.05) is 6.92 Å². The van der Waals surface area contributed by atoms with Crippen LogP contribution in [-0.4, -0.2) is 26.6 Å². The Balaban J connectivity index is 2.55. The van der Waals surface area contributed by atoms with Crippen LogP contribution in [0.25, 0.3) is 0 Å². The third-order valence-corrected chi connectivity index (χ3v) is 2.32. The van der Waals surface area contributed by atoms with Crippen molar-refractivity contribution in [3.05, 3.63) is 24.3 Å². The largest absolute Gasteiger partial charge is 0.497 e. The lowest BCUT2D eigenvalue weighted by Crippen LogP contribution is -2.28. The summed E-state index contributed by atoms with van der Waals surface area (Å²) < 4.78 is 5.04. The molecule has 1 unspecified atom stereocenters. The van der Waals surface area contributed by atoms with Gasteiger partial charge in [-0.3, -0.25) is 4.79 Å². The zero-order chi connectivity index (χ0) is 12.0. The molecule has 1 aromatic carbocycles. The normalized spacial score (nSPS) is 11.9. The van der Waals surface area contributed by atoms with E-state index in [4.69, 9.17) is 4.74 Å². The minimum atomic E-state index is -0.0490. The second-order valence-corrected chi connectivity index (χ2v) is 3.68. The van der Waals surface area contributed by atoms with E-state index in [1.807, 2.05) is 38.2 Å². The number of anilines is 1. The summed E-state index contributed by atoms with van der Waals surface area (Å²) in [5.74, 6) is 0.743. The molecule has 0 aliphatic rings. The molecule has 88 valence electrons. The van der Waals surface area contributed by atoms with Crippen LogP contribution in [0.4, 0.5) is 5.69 Å². The van der Waals surface area contributed by atoms with Gasteiger partial charge in [0.1, 0.15) is 5.75 Å². The molecule has 1 atom stereocenters. The van der Waals surface area contributed by atoms with E-state index in [9.17, 15) is 4.79 Å². The van der Waals surface area contributed by atoms with Crippen LogP contribution in [-0.2, 0) is 4.79 Å². The first-order chi connectivity index (χ1) is 7.67. The molecule has 4 heteroatoms. The van der Waals surface area contributed by atoms with Gasteiger partial charge in [0.2, 0.25) is 5.91 Å². The van der Waals surface area contributed by atoms with Gasteiger partial charge in [0.05, 0.1) is 7.11 Å². The van der Waals surface area contributed by atoms with Gasteiger partial charge in [-0.25, -0.2) is 0 Å². The van der Waals surface area contributed by atoms with Crippen molar-refractivity contribution in [2.45, 2.75) is 6.92 Å². The predicted molar refractivity (Wildman–Crippen MR) is 64.7 cm³/mol. The Morgan fingerprint density at radius 2 is 2.00 bits per heavy atom. The minimum absolute atomic E-state index is 0.0134. The first kappa shape index (κ1) is 12.5. The molecule has 1 amide bonds. The van der Waals surface area contributed by atoms with Crippen molar-refractivity contribution in [1.29, 1.82) is 0 Å². The van der Waals surface area contributed by atoms with Crippen molar-refractivity contribution >= 4 is 11.6 Å². The molecule has 0 spiro atoms. The van der Waals surface area contributed by atoms with Crippen molar-refractivity contribution in [1.82, 2.24) is 5.32 Å². The fraction of sp³-hybridized carbons (Fsp3) is 0.417. The van der Waals surface area contributed by atoms with Gasteiger partial charge < -0.3 is 15.4 Å². The standard InChI is InChI=1S/C12H18N2O2/c1-9(8-13-2)12(15)14-10-4-6-11(16-3)7-5-10/h4-7,9,13H,8H2,1-3H3,(H,14,15). The van der Waals surface area contributed by atoms with E-state index in [0.29, 0.717) is 6.54 Å². The van der Waals surface area contributed by atoms with Crippen LogP contribution < -0.4 is 15.4 Å². The average molecular weight is 222 g/mol. The molecule has 4 nitrogen and oxygen atoms in total. The van der Waals surface area contributed by atoms with Crippen molar-refractivity contribution in [3.8, 4) is 5.75 Å². The minimum Gasteiger partial charge on any atom is -0.497 e. The number of nitrogens with one attached hydrogen (secondary N) is 2. The van der Waals surface area contributed by atoms with E-state index < -0.39 is 0 Å². The van der Waals surface area contributed by atoms with Crippen LogP contribution >= 0.6 is 0 Å². The van der Waals surface area contributed by atoms with E-state index in [0.717, 1.165) is 11.4 Å². The summed E-state index contributed by atoms with van der Waals surface area (Å²) in [5.41, 5.74) is 0.786. The summed E-state index contributed by atoms with van der Waals surface area (Å²) in [6.45, 7) is 2.55. The molecule has 0 radical (unpaired) electrons. The number of hydrogen-bond donors (Lipinski definition) is 2. The van der Waals surface area contributed by atoms with Crippen molar-refractivity contribution in [3.63, 3.8) is 0 Å². The molecule has 0 aliphatic carbocycles.